The maximum absolute atomic E-state index is 12.7. The van der Waals surface area contributed by atoms with E-state index in [0.717, 1.165) is 35.9 Å². The third-order valence-electron chi connectivity index (χ3n) is 6.10. The van der Waals surface area contributed by atoms with Crippen molar-refractivity contribution < 1.29 is 23.9 Å². The van der Waals surface area contributed by atoms with E-state index in [9.17, 15) is 14.4 Å². The minimum Gasteiger partial charge on any atom is -0.465 e. The fourth-order valence-corrected chi connectivity index (χ4v) is 6.16. The molecule has 0 saturated heterocycles. The molecule has 0 radical (unpaired) electrons. The lowest BCUT2D eigenvalue weighted by Gasteiger charge is -2.21. The summed E-state index contributed by atoms with van der Waals surface area (Å²) in [5.74, 6) is 0.157. The molecule has 1 amide bonds. The molecule has 0 aromatic carbocycles. The predicted octanol–water partition coefficient (Wildman–Crippen LogP) is 4.65. The Morgan fingerprint density at radius 3 is 2.54 bits per heavy atom. The van der Waals surface area contributed by atoms with Crippen LogP contribution in [0.3, 0.4) is 0 Å². The van der Waals surface area contributed by atoms with Crippen molar-refractivity contribution in [2.24, 2.45) is 5.92 Å². The fraction of sp³-hybridized carbons (Fsp3) is 0.542. The number of aryl methyl sites for hydroxylation is 1. The Bertz CT molecular complexity index is 1070. The van der Waals surface area contributed by atoms with E-state index in [0.29, 0.717) is 17.3 Å². The molecular formula is C24H32N4O5S2. The largest absolute Gasteiger partial charge is 0.465 e. The van der Waals surface area contributed by atoms with Gasteiger partial charge in [-0.2, -0.15) is 0 Å². The SMILES string of the molecule is C=CCn1c(CCC2CCCCC2)nnc1SCC(=O)Nc1sc(C(=O)OC)c(C)c1C(=O)OC. The molecule has 0 unspecified atom stereocenters. The zero-order chi connectivity index (χ0) is 25.4. The summed E-state index contributed by atoms with van der Waals surface area (Å²) >= 11 is 2.25. The second-order valence-corrected chi connectivity index (χ2v) is 10.4. The van der Waals surface area contributed by atoms with Gasteiger partial charge in [0, 0.05) is 13.0 Å². The average molecular weight is 521 g/mol. The van der Waals surface area contributed by atoms with Crippen LogP contribution in [0.4, 0.5) is 5.00 Å². The summed E-state index contributed by atoms with van der Waals surface area (Å²) in [6.07, 6.45) is 10.3. The molecule has 1 aliphatic rings. The standard InChI is InChI=1S/C24H32N4O5S2/c1-5-13-28-17(12-11-16-9-7-6-8-10-16)26-27-24(28)34-14-18(29)25-21-19(22(30)32-3)15(2)20(35-21)23(31)33-4/h5,16H,1,6-14H2,2-4H3,(H,25,29). The summed E-state index contributed by atoms with van der Waals surface area (Å²) < 4.78 is 11.6. The topological polar surface area (TPSA) is 112 Å². The fourth-order valence-electron chi connectivity index (χ4n) is 4.26. The number of methoxy groups -OCH3 is 2. The van der Waals surface area contributed by atoms with Crippen LogP contribution in [0.25, 0.3) is 0 Å². The molecule has 2 aromatic heterocycles. The number of rotatable bonds is 11. The van der Waals surface area contributed by atoms with Gasteiger partial charge in [-0.1, -0.05) is 49.9 Å². The molecule has 1 saturated carbocycles. The summed E-state index contributed by atoms with van der Waals surface area (Å²) in [6.45, 7) is 6.02. The maximum atomic E-state index is 12.7. The van der Waals surface area contributed by atoms with Gasteiger partial charge in [0.25, 0.3) is 0 Å². The molecule has 3 rings (SSSR count). The monoisotopic (exact) mass is 520 g/mol. The highest BCUT2D eigenvalue weighted by Gasteiger charge is 2.27. The Kier molecular flexibility index (Phi) is 9.91. The maximum Gasteiger partial charge on any atom is 0.348 e. The molecule has 0 bridgehead atoms. The molecular weight excluding hydrogens is 488 g/mol. The van der Waals surface area contributed by atoms with Gasteiger partial charge in [-0.05, 0) is 24.8 Å². The quantitative estimate of drug-likeness (QED) is 0.259. The minimum absolute atomic E-state index is 0.0586. The first-order valence-corrected chi connectivity index (χ1v) is 13.4. The van der Waals surface area contributed by atoms with Crippen LogP contribution < -0.4 is 5.32 Å². The van der Waals surface area contributed by atoms with Gasteiger partial charge in [-0.15, -0.1) is 28.1 Å². The van der Waals surface area contributed by atoms with Gasteiger partial charge in [-0.3, -0.25) is 4.79 Å². The number of ether oxygens (including phenoxy) is 2. The van der Waals surface area contributed by atoms with E-state index >= 15 is 0 Å². The van der Waals surface area contributed by atoms with Crippen molar-refractivity contribution in [2.75, 3.05) is 25.3 Å². The van der Waals surface area contributed by atoms with E-state index in [4.69, 9.17) is 9.47 Å². The number of thioether (sulfide) groups is 1. The molecule has 190 valence electrons. The summed E-state index contributed by atoms with van der Waals surface area (Å²) in [7, 11) is 2.51. The first kappa shape index (κ1) is 26.9. The van der Waals surface area contributed by atoms with Crippen LogP contribution >= 0.6 is 23.1 Å². The lowest BCUT2D eigenvalue weighted by Crippen LogP contribution is -2.16. The third kappa shape index (κ3) is 6.72. The molecule has 2 aromatic rings. The number of anilines is 1. The number of amides is 1. The van der Waals surface area contributed by atoms with Crippen LogP contribution in [0.5, 0.6) is 0 Å². The van der Waals surface area contributed by atoms with Crippen molar-refractivity contribution in [3.8, 4) is 0 Å². The molecule has 0 aliphatic heterocycles. The summed E-state index contributed by atoms with van der Waals surface area (Å²) in [4.78, 5) is 37.3. The van der Waals surface area contributed by atoms with Crippen LogP contribution in [0, 0.1) is 12.8 Å². The van der Waals surface area contributed by atoms with E-state index < -0.39 is 11.9 Å². The summed E-state index contributed by atoms with van der Waals surface area (Å²) in [6, 6.07) is 0. The normalized spacial score (nSPS) is 13.9. The van der Waals surface area contributed by atoms with E-state index in [1.54, 1.807) is 13.0 Å². The number of allylic oxidation sites excluding steroid dienone is 1. The highest BCUT2D eigenvalue weighted by atomic mass is 32.2. The predicted molar refractivity (Wildman–Crippen MR) is 136 cm³/mol. The number of carbonyl (C=O) groups is 3. The van der Waals surface area contributed by atoms with Gasteiger partial charge in [-0.25, -0.2) is 9.59 Å². The number of hydrogen-bond acceptors (Lipinski definition) is 9. The highest BCUT2D eigenvalue weighted by Crippen LogP contribution is 2.34. The zero-order valence-corrected chi connectivity index (χ0v) is 22.1. The lowest BCUT2D eigenvalue weighted by molar-refractivity contribution is -0.113. The Hall–Kier alpha value is -2.66. The minimum atomic E-state index is -0.634. The summed E-state index contributed by atoms with van der Waals surface area (Å²) in [5.41, 5.74) is 0.557. The second-order valence-electron chi connectivity index (χ2n) is 8.42. The van der Waals surface area contributed by atoms with Crippen molar-refractivity contribution >= 4 is 45.9 Å². The van der Waals surface area contributed by atoms with Crippen molar-refractivity contribution in [3.05, 3.63) is 34.5 Å². The molecule has 11 heteroatoms. The first-order valence-electron chi connectivity index (χ1n) is 11.6. The van der Waals surface area contributed by atoms with Crippen molar-refractivity contribution in [2.45, 2.75) is 63.6 Å². The highest BCUT2D eigenvalue weighted by molar-refractivity contribution is 7.99. The number of aromatic nitrogens is 3. The van der Waals surface area contributed by atoms with Gasteiger partial charge in [0.2, 0.25) is 5.91 Å². The Morgan fingerprint density at radius 2 is 1.89 bits per heavy atom. The molecule has 1 N–H and O–H groups in total. The third-order valence-corrected chi connectivity index (χ3v) is 8.25. The second kappa shape index (κ2) is 12.9. The average Bonchev–Trinajstić information content (AvgIpc) is 3.41. The van der Waals surface area contributed by atoms with Crippen LogP contribution in [0.1, 0.15) is 69.9 Å². The van der Waals surface area contributed by atoms with Gasteiger partial charge in [0.05, 0.1) is 25.5 Å². The first-order chi connectivity index (χ1) is 16.9. The van der Waals surface area contributed by atoms with Gasteiger partial charge < -0.3 is 19.4 Å². The van der Waals surface area contributed by atoms with E-state index in [2.05, 4.69) is 22.1 Å². The smallest absolute Gasteiger partial charge is 0.348 e. The Labute approximate surface area is 213 Å². The van der Waals surface area contributed by atoms with Crippen molar-refractivity contribution in [1.29, 1.82) is 0 Å². The summed E-state index contributed by atoms with van der Waals surface area (Å²) in [5, 5.41) is 12.3. The number of esters is 2. The number of nitrogens with zero attached hydrogens (tertiary/aromatic N) is 3. The molecule has 1 fully saturated rings. The van der Waals surface area contributed by atoms with Gasteiger partial charge in [0.1, 0.15) is 15.7 Å². The lowest BCUT2D eigenvalue weighted by atomic mass is 9.86. The molecule has 2 heterocycles. The molecule has 9 nitrogen and oxygen atoms in total. The number of carbonyl (C=O) groups excluding carboxylic acids is 3. The number of nitrogens with one attached hydrogen (secondary N) is 1. The van der Waals surface area contributed by atoms with Crippen molar-refractivity contribution in [3.63, 3.8) is 0 Å². The Balaban J connectivity index is 1.67. The van der Waals surface area contributed by atoms with Crippen molar-refractivity contribution in [1.82, 2.24) is 14.8 Å². The van der Waals surface area contributed by atoms with Crippen LogP contribution in [-0.4, -0.2) is 52.6 Å². The van der Waals surface area contributed by atoms with Crippen LogP contribution in [0.2, 0.25) is 0 Å². The van der Waals surface area contributed by atoms with E-state index in [-0.39, 0.29) is 27.1 Å². The van der Waals surface area contributed by atoms with Crippen LogP contribution in [0.15, 0.2) is 17.8 Å². The van der Waals surface area contributed by atoms with E-state index in [1.807, 2.05) is 4.57 Å². The molecule has 0 atom stereocenters. The van der Waals surface area contributed by atoms with Gasteiger partial charge in [0.15, 0.2) is 5.16 Å². The molecule has 0 spiro atoms. The van der Waals surface area contributed by atoms with Gasteiger partial charge >= 0.3 is 11.9 Å². The zero-order valence-electron chi connectivity index (χ0n) is 20.4. The number of hydrogen-bond donors (Lipinski definition) is 1. The van der Waals surface area contributed by atoms with Crippen LogP contribution in [-0.2, 0) is 27.2 Å². The number of thiophene rings is 1. The molecule has 1 aliphatic carbocycles. The van der Waals surface area contributed by atoms with E-state index in [1.165, 1.54) is 58.1 Å². The molecule has 35 heavy (non-hydrogen) atoms. The Morgan fingerprint density at radius 1 is 1.17 bits per heavy atom.